The lowest BCUT2D eigenvalue weighted by Gasteiger charge is -2.13. The summed E-state index contributed by atoms with van der Waals surface area (Å²) < 4.78 is 0. The van der Waals surface area contributed by atoms with Crippen molar-refractivity contribution < 1.29 is 4.79 Å². The fourth-order valence-electron chi connectivity index (χ4n) is 0.842. The van der Waals surface area contributed by atoms with Crippen LogP contribution in [0, 0.1) is 0 Å². The second kappa shape index (κ2) is 7.57. The second-order valence-electron chi connectivity index (χ2n) is 2.79. The predicted octanol–water partition coefficient (Wildman–Crippen LogP) is -0.710. The zero-order valence-corrected chi connectivity index (χ0v) is 7.78. The van der Waals surface area contributed by atoms with Crippen LogP contribution in [0.2, 0.25) is 0 Å². The van der Waals surface area contributed by atoms with Gasteiger partial charge >= 0.3 is 0 Å². The quantitative estimate of drug-likeness (QED) is 0.277. The highest BCUT2D eigenvalue weighted by molar-refractivity contribution is 5.49. The molecule has 0 aliphatic carbocycles. The third-order valence-electron chi connectivity index (χ3n) is 1.50. The summed E-state index contributed by atoms with van der Waals surface area (Å²) in [4.78, 5) is 10.0. The number of hydrazine groups is 1. The minimum absolute atomic E-state index is 0.438. The van der Waals surface area contributed by atoms with Crippen molar-refractivity contribution in [3.05, 3.63) is 11.9 Å². The van der Waals surface area contributed by atoms with Gasteiger partial charge in [0.15, 0.2) is 0 Å². The Balaban J connectivity index is 3.69. The first kappa shape index (κ1) is 11.9. The van der Waals surface area contributed by atoms with E-state index in [0.29, 0.717) is 31.6 Å². The molecule has 0 aromatic carbocycles. The van der Waals surface area contributed by atoms with E-state index in [1.165, 1.54) is 5.01 Å². The Morgan fingerprint density at radius 2 is 2.15 bits per heavy atom. The molecule has 0 aromatic rings. The summed E-state index contributed by atoms with van der Waals surface area (Å²) in [5, 5.41) is 1.49. The topological polar surface area (TPSA) is 98.4 Å². The molecule has 0 fully saturated rings. The number of nitrogens with two attached hydrogens (primary N) is 3. The first-order chi connectivity index (χ1) is 6.20. The molecular formula is C8H18N4O. The maximum atomic E-state index is 10.0. The van der Waals surface area contributed by atoms with Crippen molar-refractivity contribution in [1.82, 2.24) is 5.01 Å². The summed E-state index contributed by atoms with van der Waals surface area (Å²) >= 11 is 0. The van der Waals surface area contributed by atoms with Crippen LogP contribution in [0.15, 0.2) is 11.9 Å². The monoisotopic (exact) mass is 186 g/mol. The second-order valence-corrected chi connectivity index (χ2v) is 2.79. The molecule has 0 unspecified atom stereocenters. The van der Waals surface area contributed by atoms with Gasteiger partial charge < -0.3 is 21.3 Å². The Morgan fingerprint density at radius 3 is 2.69 bits per heavy atom. The van der Waals surface area contributed by atoms with Crippen molar-refractivity contribution in [2.45, 2.75) is 19.3 Å². The van der Waals surface area contributed by atoms with Crippen LogP contribution < -0.4 is 17.3 Å². The lowest BCUT2D eigenvalue weighted by atomic mass is 10.3. The number of allylic oxidation sites excluding steroid dienone is 1. The molecule has 0 atom stereocenters. The van der Waals surface area contributed by atoms with Crippen LogP contribution in [0.5, 0.6) is 0 Å². The average Bonchev–Trinajstić information content (AvgIpc) is 2.11. The summed E-state index contributed by atoms with van der Waals surface area (Å²) in [7, 11) is 0. The highest BCUT2D eigenvalue weighted by atomic mass is 16.1. The molecule has 0 aliphatic rings. The molecule has 13 heavy (non-hydrogen) atoms. The number of hydrogen-bond acceptors (Lipinski definition) is 5. The molecule has 0 saturated carbocycles. The van der Waals surface area contributed by atoms with Gasteiger partial charge in [-0.1, -0.05) is 0 Å². The molecule has 0 amide bonds. The van der Waals surface area contributed by atoms with Gasteiger partial charge in [0.25, 0.3) is 0 Å². The number of carbonyl (C=O) groups is 1. The molecule has 5 heteroatoms. The molecule has 0 rings (SSSR count). The lowest BCUT2D eigenvalue weighted by Crippen LogP contribution is -2.28. The number of carbonyl (C=O) groups excluding carboxylic acids is 1. The summed E-state index contributed by atoms with van der Waals surface area (Å²) in [6.45, 7) is 1.29. The van der Waals surface area contributed by atoms with Crippen LogP contribution in [0.4, 0.5) is 0 Å². The van der Waals surface area contributed by atoms with Gasteiger partial charge in [0, 0.05) is 24.9 Å². The summed E-state index contributed by atoms with van der Waals surface area (Å²) in [5.74, 6) is 5.57. The van der Waals surface area contributed by atoms with E-state index >= 15 is 0 Å². The summed E-state index contributed by atoms with van der Waals surface area (Å²) in [5.41, 5.74) is 11.5. The Kier molecular flexibility index (Phi) is 6.95. The van der Waals surface area contributed by atoms with Gasteiger partial charge in [-0.3, -0.25) is 0 Å². The van der Waals surface area contributed by atoms with E-state index in [9.17, 15) is 4.79 Å². The molecule has 76 valence electrons. The van der Waals surface area contributed by atoms with Gasteiger partial charge in [-0.25, -0.2) is 5.84 Å². The first-order valence-electron chi connectivity index (χ1n) is 4.32. The van der Waals surface area contributed by atoms with Crippen LogP contribution in [0.3, 0.4) is 0 Å². The number of nitrogens with zero attached hydrogens (tertiary/aromatic N) is 1. The van der Waals surface area contributed by atoms with E-state index in [4.69, 9.17) is 17.3 Å². The van der Waals surface area contributed by atoms with Crippen molar-refractivity contribution >= 4 is 6.29 Å². The highest BCUT2D eigenvalue weighted by Crippen LogP contribution is 1.96. The molecule has 0 saturated heterocycles. The van der Waals surface area contributed by atoms with Crippen LogP contribution in [-0.2, 0) is 4.79 Å². The van der Waals surface area contributed by atoms with Gasteiger partial charge in [0.1, 0.15) is 6.29 Å². The molecule has 0 aromatic heterocycles. The SMILES string of the molecule is NCCCN(N)/C=C(\N)CCC=O. The van der Waals surface area contributed by atoms with Gasteiger partial charge in [-0.05, 0) is 19.4 Å². The van der Waals surface area contributed by atoms with Crippen LogP contribution in [-0.4, -0.2) is 24.4 Å². The van der Waals surface area contributed by atoms with Crippen molar-refractivity contribution in [3.8, 4) is 0 Å². The first-order valence-corrected chi connectivity index (χ1v) is 4.32. The van der Waals surface area contributed by atoms with Gasteiger partial charge in [-0.15, -0.1) is 0 Å². The molecule has 0 aliphatic heterocycles. The van der Waals surface area contributed by atoms with Gasteiger partial charge in [0.2, 0.25) is 0 Å². The van der Waals surface area contributed by atoms with E-state index < -0.39 is 0 Å². The Morgan fingerprint density at radius 1 is 1.46 bits per heavy atom. The number of rotatable bonds is 7. The van der Waals surface area contributed by atoms with E-state index in [0.717, 1.165) is 12.7 Å². The fraction of sp³-hybridized carbons (Fsp3) is 0.625. The largest absolute Gasteiger partial charge is 0.401 e. The normalized spacial score (nSPS) is 11.4. The smallest absolute Gasteiger partial charge is 0.120 e. The van der Waals surface area contributed by atoms with E-state index in [1.54, 1.807) is 6.20 Å². The third kappa shape index (κ3) is 7.30. The standard InChI is InChI=1S/C8H18N4O/c9-4-2-5-12(11)7-8(10)3-1-6-13/h6-7H,1-5,9-11H2/b8-7-. The molecule has 0 heterocycles. The third-order valence-corrected chi connectivity index (χ3v) is 1.50. The Labute approximate surface area is 78.5 Å². The minimum atomic E-state index is 0.438. The van der Waals surface area contributed by atoms with E-state index in [1.807, 2.05) is 0 Å². The van der Waals surface area contributed by atoms with Gasteiger partial charge in [0.05, 0.1) is 0 Å². The maximum Gasteiger partial charge on any atom is 0.120 e. The van der Waals surface area contributed by atoms with Gasteiger partial charge in [-0.2, -0.15) is 0 Å². The van der Waals surface area contributed by atoms with Crippen molar-refractivity contribution in [3.63, 3.8) is 0 Å². The highest BCUT2D eigenvalue weighted by Gasteiger charge is 1.94. The number of aldehydes is 1. The zero-order chi connectivity index (χ0) is 10.1. The Bertz CT molecular complexity index is 170. The predicted molar refractivity (Wildman–Crippen MR) is 52.1 cm³/mol. The molecule has 0 bridgehead atoms. The molecule has 0 spiro atoms. The van der Waals surface area contributed by atoms with Crippen LogP contribution in [0.25, 0.3) is 0 Å². The van der Waals surface area contributed by atoms with E-state index in [-0.39, 0.29) is 0 Å². The van der Waals surface area contributed by atoms with Crippen LogP contribution in [0.1, 0.15) is 19.3 Å². The average molecular weight is 186 g/mol. The van der Waals surface area contributed by atoms with Crippen molar-refractivity contribution in [1.29, 1.82) is 0 Å². The minimum Gasteiger partial charge on any atom is -0.401 e. The zero-order valence-electron chi connectivity index (χ0n) is 7.78. The molecule has 0 radical (unpaired) electrons. The van der Waals surface area contributed by atoms with Crippen molar-refractivity contribution in [2.75, 3.05) is 13.1 Å². The molecule has 6 N–H and O–H groups in total. The molecular weight excluding hydrogens is 168 g/mol. The lowest BCUT2D eigenvalue weighted by molar-refractivity contribution is -0.107. The summed E-state index contributed by atoms with van der Waals surface area (Å²) in [6, 6.07) is 0. The van der Waals surface area contributed by atoms with E-state index in [2.05, 4.69) is 0 Å². The fourth-order valence-corrected chi connectivity index (χ4v) is 0.842. The summed E-state index contributed by atoms with van der Waals surface area (Å²) in [6.07, 6.45) is 4.29. The van der Waals surface area contributed by atoms with Crippen LogP contribution >= 0.6 is 0 Å². The number of hydrogen-bond donors (Lipinski definition) is 3. The Hall–Kier alpha value is -1.07. The maximum absolute atomic E-state index is 10.0. The molecule has 5 nitrogen and oxygen atoms in total. The van der Waals surface area contributed by atoms with Crippen molar-refractivity contribution in [2.24, 2.45) is 17.3 Å².